The van der Waals surface area contributed by atoms with Crippen molar-refractivity contribution in [3.63, 3.8) is 0 Å². The van der Waals surface area contributed by atoms with Crippen molar-refractivity contribution in [2.45, 2.75) is 19.0 Å². The van der Waals surface area contributed by atoms with Gasteiger partial charge in [0.2, 0.25) is 0 Å². The minimum absolute atomic E-state index is 0.117. The van der Waals surface area contributed by atoms with Crippen LogP contribution in [0.4, 0.5) is 0 Å². The lowest BCUT2D eigenvalue weighted by Crippen LogP contribution is -2.32. The molecule has 156 valence electrons. The molecular formula is C25H23N3O3. The molecule has 0 saturated heterocycles. The lowest BCUT2D eigenvalue weighted by atomic mass is 9.95. The maximum absolute atomic E-state index is 13.1. The third-order valence-corrected chi connectivity index (χ3v) is 5.29. The molecule has 1 amide bonds. The van der Waals surface area contributed by atoms with Gasteiger partial charge in [-0.3, -0.25) is 9.59 Å². The van der Waals surface area contributed by atoms with Crippen molar-refractivity contribution in [1.82, 2.24) is 14.5 Å². The molecule has 6 heteroatoms. The number of aryl methyl sites for hydroxylation is 1. The van der Waals surface area contributed by atoms with Gasteiger partial charge in [0.05, 0.1) is 17.9 Å². The number of imidazole rings is 1. The molecule has 4 rings (SSSR count). The smallest absolute Gasteiger partial charge is 0.290 e. The Hall–Kier alpha value is -3.93. The summed E-state index contributed by atoms with van der Waals surface area (Å²) in [7, 11) is 0. The van der Waals surface area contributed by atoms with E-state index in [0.717, 1.165) is 11.1 Å². The van der Waals surface area contributed by atoms with E-state index in [0.29, 0.717) is 19.5 Å². The van der Waals surface area contributed by atoms with Crippen LogP contribution in [0, 0.1) is 0 Å². The van der Waals surface area contributed by atoms with Crippen LogP contribution < -0.4 is 0 Å². The minimum Gasteiger partial charge on any atom is -0.503 e. The normalized spacial score (nSPS) is 16.5. The fraction of sp³-hybridized carbons (Fsp3) is 0.160. The molecule has 0 spiro atoms. The van der Waals surface area contributed by atoms with Crippen LogP contribution in [0.2, 0.25) is 0 Å². The summed E-state index contributed by atoms with van der Waals surface area (Å²) >= 11 is 0. The molecule has 1 aromatic heterocycles. The zero-order valence-electron chi connectivity index (χ0n) is 17.0. The van der Waals surface area contributed by atoms with Gasteiger partial charge in [0.25, 0.3) is 5.91 Å². The van der Waals surface area contributed by atoms with Gasteiger partial charge in [-0.15, -0.1) is 0 Å². The van der Waals surface area contributed by atoms with E-state index in [-0.39, 0.29) is 11.4 Å². The van der Waals surface area contributed by atoms with Crippen LogP contribution in [0.5, 0.6) is 0 Å². The van der Waals surface area contributed by atoms with E-state index >= 15 is 0 Å². The second kappa shape index (κ2) is 9.26. The summed E-state index contributed by atoms with van der Waals surface area (Å²) in [5.74, 6) is -1.36. The summed E-state index contributed by atoms with van der Waals surface area (Å²) in [6.07, 6.45) is 9.06. The first-order valence-electron chi connectivity index (χ1n) is 10.2. The molecule has 1 unspecified atom stereocenters. The van der Waals surface area contributed by atoms with Crippen molar-refractivity contribution in [1.29, 1.82) is 0 Å². The zero-order chi connectivity index (χ0) is 21.6. The van der Waals surface area contributed by atoms with Gasteiger partial charge in [0.1, 0.15) is 0 Å². The largest absolute Gasteiger partial charge is 0.503 e. The first kappa shape index (κ1) is 20.3. The van der Waals surface area contributed by atoms with Crippen LogP contribution in [0.3, 0.4) is 0 Å². The number of hydrogen-bond acceptors (Lipinski definition) is 4. The van der Waals surface area contributed by atoms with Crippen LogP contribution in [0.1, 0.15) is 23.6 Å². The summed E-state index contributed by atoms with van der Waals surface area (Å²) < 4.78 is 1.93. The van der Waals surface area contributed by atoms with E-state index in [1.54, 1.807) is 23.5 Å². The molecule has 1 N–H and O–H groups in total. The molecule has 31 heavy (non-hydrogen) atoms. The standard InChI is InChI=1S/C25H23N3O3/c29-21(13-12-19-8-3-1-4-9-19)22-23(20-10-5-2-6-11-20)28(25(31)24(22)30)16-7-15-27-17-14-26-18-27/h1-6,8-14,17-18,23,30H,7,15-16H2. The first-order chi connectivity index (χ1) is 15.1. The van der Waals surface area contributed by atoms with Gasteiger partial charge in [0.15, 0.2) is 11.5 Å². The van der Waals surface area contributed by atoms with Crippen molar-refractivity contribution in [2.24, 2.45) is 0 Å². The molecule has 0 radical (unpaired) electrons. The second-order valence-corrected chi connectivity index (χ2v) is 7.34. The number of amides is 1. The predicted molar refractivity (Wildman–Crippen MR) is 118 cm³/mol. The maximum Gasteiger partial charge on any atom is 0.290 e. The van der Waals surface area contributed by atoms with Crippen LogP contribution in [-0.2, 0) is 16.1 Å². The molecule has 1 aliphatic rings. The van der Waals surface area contributed by atoms with E-state index in [1.807, 2.05) is 71.4 Å². The van der Waals surface area contributed by atoms with E-state index in [9.17, 15) is 14.7 Å². The average molecular weight is 413 g/mol. The number of aromatic nitrogens is 2. The summed E-state index contributed by atoms with van der Waals surface area (Å²) in [5, 5.41) is 10.6. The maximum atomic E-state index is 13.1. The third kappa shape index (κ3) is 4.48. The summed E-state index contributed by atoms with van der Waals surface area (Å²) in [5.41, 5.74) is 1.78. The average Bonchev–Trinajstić information content (AvgIpc) is 3.41. The van der Waals surface area contributed by atoms with E-state index in [1.165, 1.54) is 6.08 Å². The molecule has 6 nitrogen and oxygen atoms in total. The highest BCUT2D eigenvalue weighted by atomic mass is 16.3. The van der Waals surface area contributed by atoms with Crippen molar-refractivity contribution >= 4 is 17.8 Å². The van der Waals surface area contributed by atoms with Gasteiger partial charge in [-0.05, 0) is 23.6 Å². The van der Waals surface area contributed by atoms with Crippen LogP contribution in [0.15, 0.2) is 96.8 Å². The van der Waals surface area contributed by atoms with Crippen molar-refractivity contribution in [3.8, 4) is 0 Å². The number of nitrogens with zero attached hydrogens (tertiary/aromatic N) is 3. The number of aliphatic hydroxyl groups excluding tert-OH is 1. The van der Waals surface area contributed by atoms with Crippen LogP contribution in [-0.4, -0.2) is 37.8 Å². The predicted octanol–water partition coefficient (Wildman–Crippen LogP) is 3.95. The van der Waals surface area contributed by atoms with E-state index in [4.69, 9.17) is 0 Å². The Morgan fingerprint density at radius 1 is 1.03 bits per heavy atom. The molecular weight excluding hydrogens is 390 g/mol. The number of rotatable bonds is 8. The number of carbonyl (C=O) groups is 2. The van der Waals surface area contributed by atoms with Crippen LogP contribution >= 0.6 is 0 Å². The molecule has 0 aliphatic carbocycles. The summed E-state index contributed by atoms with van der Waals surface area (Å²) in [6, 6.07) is 18.2. The molecule has 0 bridgehead atoms. The number of carbonyl (C=O) groups excluding carboxylic acids is 2. The molecule has 0 fully saturated rings. The molecule has 0 saturated carbocycles. The number of ketones is 1. The quantitative estimate of drug-likeness (QED) is 0.568. The Kier molecular flexibility index (Phi) is 6.08. The first-order valence-corrected chi connectivity index (χ1v) is 10.2. The van der Waals surface area contributed by atoms with E-state index < -0.39 is 17.7 Å². The van der Waals surface area contributed by atoms with Gasteiger partial charge in [-0.2, -0.15) is 0 Å². The molecule has 1 aliphatic heterocycles. The van der Waals surface area contributed by atoms with Gasteiger partial charge in [0, 0.05) is 25.5 Å². The number of benzene rings is 2. The zero-order valence-corrected chi connectivity index (χ0v) is 17.0. The second-order valence-electron chi connectivity index (χ2n) is 7.34. The third-order valence-electron chi connectivity index (χ3n) is 5.29. The van der Waals surface area contributed by atoms with Gasteiger partial charge < -0.3 is 14.6 Å². The Morgan fingerprint density at radius 2 is 1.74 bits per heavy atom. The Bertz CT molecular complexity index is 1100. The fourth-order valence-corrected chi connectivity index (χ4v) is 3.79. The Morgan fingerprint density at radius 3 is 2.42 bits per heavy atom. The highest BCUT2D eigenvalue weighted by Gasteiger charge is 2.42. The van der Waals surface area contributed by atoms with E-state index in [2.05, 4.69) is 4.98 Å². The van der Waals surface area contributed by atoms with Crippen molar-refractivity contribution in [3.05, 3.63) is 108 Å². The van der Waals surface area contributed by atoms with Crippen LogP contribution in [0.25, 0.3) is 6.08 Å². The Labute approximate surface area is 180 Å². The highest BCUT2D eigenvalue weighted by Crippen LogP contribution is 2.38. The van der Waals surface area contributed by atoms with Crippen molar-refractivity contribution in [2.75, 3.05) is 6.54 Å². The summed E-state index contributed by atoms with van der Waals surface area (Å²) in [4.78, 5) is 31.6. The number of hydrogen-bond donors (Lipinski definition) is 1. The monoisotopic (exact) mass is 413 g/mol. The van der Waals surface area contributed by atoms with Gasteiger partial charge >= 0.3 is 0 Å². The molecule has 1 atom stereocenters. The number of allylic oxidation sites excluding steroid dienone is 1. The van der Waals surface area contributed by atoms with Gasteiger partial charge in [-0.1, -0.05) is 66.7 Å². The fourth-order valence-electron chi connectivity index (χ4n) is 3.79. The van der Waals surface area contributed by atoms with Crippen molar-refractivity contribution < 1.29 is 14.7 Å². The number of aliphatic hydroxyl groups is 1. The molecule has 2 aromatic carbocycles. The highest BCUT2D eigenvalue weighted by molar-refractivity contribution is 6.14. The molecule has 2 heterocycles. The topological polar surface area (TPSA) is 75.4 Å². The minimum atomic E-state index is -0.621. The lowest BCUT2D eigenvalue weighted by molar-refractivity contribution is -0.129. The molecule has 3 aromatic rings. The summed E-state index contributed by atoms with van der Waals surface area (Å²) in [6.45, 7) is 1.09. The van der Waals surface area contributed by atoms with Gasteiger partial charge in [-0.25, -0.2) is 4.98 Å². The lowest BCUT2D eigenvalue weighted by Gasteiger charge is -2.26. The Balaban J connectivity index is 1.59. The SMILES string of the molecule is O=C(C=Cc1ccccc1)C1=C(O)C(=O)N(CCCn2ccnc2)C1c1ccccc1.